The Labute approximate surface area is 194 Å². The van der Waals surface area contributed by atoms with Crippen molar-refractivity contribution in [3.63, 3.8) is 0 Å². The maximum atomic E-state index is 12.2. The Balaban J connectivity index is 1.57. The lowest BCUT2D eigenvalue weighted by atomic mass is 10.2. The number of anilines is 1. The second-order valence-corrected chi connectivity index (χ2v) is 8.15. The molecule has 1 fully saturated rings. The highest BCUT2D eigenvalue weighted by Gasteiger charge is 2.32. The highest BCUT2D eigenvalue weighted by atomic mass is 32.2. The number of benzene rings is 2. The first-order chi connectivity index (χ1) is 15.8. The van der Waals surface area contributed by atoms with E-state index in [9.17, 15) is 14.4 Å². The van der Waals surface area contributed by atoms with Crippen LogP contribution in [0, 0.1) is 6.92 Å². The van der Waals surface area contributed by atoms with Gasteiger partial charge >= 0.3 is 5.97 Å². The molecule has 0 radical (unpaired) electrons. The normalized spacial score (nSPS) is 16.6. The van der Waals surface area contributed by atoms with Crippen molar-refractivity contribution in [2.45, 2.75) is 18.6 Å². The van der Waals surface area contributed by atoms with Gasteiger partial charge in [0.05, 0.1) is 19.7 Å². The highest BCUT2D eigenvalue weighted by molar-refractivity contribution is 8.15. The molecule has 0 saturated carbocycles. The molecule has 2 aromatic rings. The van der Waals surface area contributed by atoms with Gasteiger partial charge in [0, 0.05) is 5.69 Å². The zero-order valence-corrected chi connectivity index (χ0v) is 18.7. The van der Waals surface area contributed by atoms with Crippen LogP contribution in [-0.4, -0.2) is 53.2 Å². The monoisotopic (exact) mass is 470 g/mol. The maximum Gasteiger partial charge on any atom is 0.305 e. The number of rotatable bonds is 9. The minimum Gasteiger partial charge on any atom is -0.493 e. The van der Waals surface area contributed by atoms with Crippen molar-refractivity contribution in [2.75, 3.05) is 19.0 Å². The van der Waals surface area contributed by atoms with E-state index in [0.717, 1.165) is 17.3 Å². The first-order valence-electron chi connectivity index (χ1n) is 9.81. The van der Waals surface area contributed by atoms with Crippen molar-refractivity contribution < 1.29 is 29.0 Å². The summed E-state index contributed by atoms with van der Waals surface area (Å²) in [6.45, 7) is 1.74. The molecule has 0 aliphatic carbocycles. The minimum absolute atomic E-state index is 0.195. The van der Waals surface area contributed by atoms with Gasteiger partial charge < -0.3 is 25.2 Å². The topological polar surface area (TPSA) is 139 Å². The second kappa shape index (κ2) is 11.1. The largest absolute Gasteiger partial charge is 0.493 e. The van der Waals surface area contributed by atoms with Gasteiger partial charge in [-0.1, -0.05) is 23.9 Å². The average Bonchev–Trinajstić information content (AvgIpc) is 3.11. The van der Waals surface area contributed by atoms with E-state index in [-0.39, 0.29) is 24.1 Å². The fourth-order valence-electron chi connectivity index (χ4n) is 2.84. The predicted molar refractivity (Wildman–Crippen MR) is 125 cm³/mol. The Kier molecular flexibility index (Phi) is 8.03. The summed E-state index contributed by atoms with van der Waals surface area (Å²) in [6, 6.07) is 12.4. The van der Waals surface area contributed by atoms with E-state index in [1.165, 1.54) is 13.3 Å². The Hall–Kier alpha value is -3.86. The van der Waals surface area contributed by atoms with Gasteiger partial charge in [0.2, 0.25) is 5.91 Å². The molecule has 1 heterocycles. The molecule has 10 nitrogen and oxygen atoms in total. The fourth-order valence-corrected chi connectivity index (χ4v) is 3.76. The summed E-state index contributed by atoms with van der Waals surface area (Å²) in [7, 11) is 1.48. The van der Waals surface area contributed by atoms with E-state index in [2.05, 4.69) is 20.8 Å². The van der Waals surface area contributed by atoms with E-state index in [4.69, 9.17) is 14.6 Å². The smallest absolute Gasteiger partial charge is 0.305 e. The number of carbonyl (C=O) groups is 3. The quantitative estimate of drug-likeness (QED) is 0.378. The van der Waals surface area contributed by atoms with Crippen LogP contribution in [0.4, 0.5) is 5.69 Å². The number of aryl methyl sites for hydroxylation is 1. The van der Waals surface area contributed by atoms with Crippen LogP contribution in [0.1, 0.15) is 17.5 Å². The van der Waals surface area contributed by atoms with Crippen LogP contribution in [0.2, 0.25) is 0 Å². The summed E-state index contributed by atoms with van der Waals surface area (Å²) in [6.07, 6.45) is 1.15. The number of carboxylic acids is 1. The Bertz CT molecular complexity index is 1120. The van der Waals surface area contributed by atoms with Gasteiger partial charge in [-0.25, -0.2) is 0 Å². The molecule has 0 aromatic heterocycles. The lowest BCUT2D eigenvalue weighted by Crippen LogP contribution is -2.26. The molecule has 172 valence electrons. The molecule has 33 heavy (non-hydrogen) atoms. The highest BCUT2D eigenvalue weighted by Crippen LogP contribution is 2.28. The summed E-state index contributed by atoms with van der Waals surface area (Å²) < 4.78 is 10.9. The molecule has 0 bridgehead atoms. The number of hydrogen-bond acceptors (Lipinski definition) is 8. The van der Waals surface area contributed by atoms with Crippen molar-refractivity contribution >= 4 is 46.6 Å². The van der Waals surface area contributed by atoms with Crippen molar-refractivity contribution in [1.82, 2.24) is 5.32 Å². The first kappa shape index (κ1) is 23.8. The number of thioether (sulfide) groups is 1. The number of amides is 2. The Morgan fingerprint density at radius 2 is 2.06 bits per heavy atom. The molecule has 3 rings (SSSR count). The number of carbonyl (C=O) groups excluding carboxylic acids is 2. The third-order valence-electron chi connectivity index (χ3n) is 4.34. The molecule has 0 spiro atoms. The van der Waals surface area contributed by atoms with Gasteiger partial charge in [0.1, 0.15) is 5.25 Å². The maximum absolute atomic E-state index is 12.2. The van der Waals surface area contributed by atoms with Crippen molar-refractivity contribution in [2.24, 2.45) is 10.2 Å². The number of methoxy groups -OCH3 is 1. The van der Waals surface area contributed by atoms with Crippen molar-refractivity contribution in [3.8, 4) is 11.5 Å². The van der Waals surface area contributed by atoms with Crippen LogP contribution >= 0.6 is 11.8 Å². The van der Waals surface area contributed by atoms with Crippen LogP contribution < -0.4 is 20.1 Å². The van der Waals surface area contributed by atoms with Crippen LogP contribution in [0.3, 0.4) is 0 Å². The lowest BCUT2D eigenvalue weighted by molar-refractivity contribution is -0.138. The first-order valence-corrected chi connectivity index (χ1v) is 10.7. The number of nitrogens with zero attached hydrogens (tertiary/aromatic N) is 2. The number of aliphatic carboxylic acids is 1. The lowest BCUT2D eigenvalue weighted by Gasteiger charge is -2.11. The van der Waals surface area contributed by atoms with E-state index in [0.29, 0.717) is 22.7 Å². The van der Waals surface area contributed by atoms with Crippen LogP contribution in [0.25, 0.3) is 0 Å². The standard InChI is InChI=1S/C22H22N4O6S/c1-13-4-3-5-15(8-13)24-19(27)12-32-16-7-6-14(9-17(16)31-2)11-23-26-22-25-21(30)18(33-22)10-20(28)29/h3-9,11,18H,10,12H2,1-2H3,(H,24,27)(H,28,29)(H,25,26,30). The zero-order chi connectivity index (χ0) is 23.8. The van der Waals surface area contributed by atoms with E-state index in [1.807, 2.05) is 25.1 Å². The molecular weight excluding hydrogens is 448 g/mol. The molecule has 2 aromatic carbocycles. The van der Waals surface area contributed by atoms with Gasteiger partial charge in [0.25, 0.3) is 5.91 Å². The third-order valence-corrected chi connectivity index (χ3v) is 5.41. The van der Waals surface area contributed by atoms with Crippen molar-refractivity contribution in [1.29, 1.82) is 0 Å². The number of hydrogen-bond donors (Lipinski definition) is 3. The number of ether oxygens (including phenoxy) is 2. The molecule has 3 N–H and O–H groups in total. The average molecular weight is 471 g/mol. The van der Waals surface area contributed by atoms with Gasteiger partial charge in [-0.15, -0.1) is 5.10 Å². The Morgan fingerprint density at radius 1 is 1.24 bits per heavy atom. The number of amidine groups is 1. The van der Waals surface area contributed by atoms with E-state index >= 15 is 0 Å². The van der Waals surface area contributed by atoms with Crippen molar-refractivity contribution in [3.05, 3.63) is 53.6 Å². The molecule has 1 atom stereocenters. The molecule has 11 heteroatoms. The zero-order valence-electron chi connectivity index (χ0n) is 17.9. The van der Waals surface area contributed by atoms with Crippen LogP contribution in [0.5, 0.6) is 11.5 Å². The second-order valence-electron chi connectivity index (χ2n) is 6.96. The molecule has 1 aliphatic rings. The summed E-state index contributed by atoms with van der Waals surface area (Å²) in [5, 5.41) is 21.4. The van der Waals surface area contributed by atoms with Gasteiger partial charge in [-0.3, -0.25) is 14.4 Å². The van der Waals surface area contributed by atoms with Gasteiger partial charge in [0.15, 0.2) is 23.3 Å². The summed E-state index contributed by atoms with van der Waals surface area (Å²) >= 11 is 1.02. The van der Waals surface area contributed by atoms with Gasteiger partial charge in [-0.05, 0) is 48.4 Å². The van der Waals surface area contributed by atoms with E-state index in [1.54, 1.807) is 24.3 Å². The Morgan fingerprint density at radius 3 is 2.79 bits per heavy atom. The third kappa shape index (κ3) is 7.07. The van der Waals surface area contributed by atoms with Crippen LogP contribution in [0.15, 0.2) is 52.7 Å². The SMILES string of the molecule is COc1cc(C=NN=C2NC(=O)C(CC(=O)O)S2)ccc1OCC(=O)Nc1cccc(C)c1. The van der Waals surface area contributed by atoms with Crippen LogP contribution in [-0.2, 0) is 14.4 Å². The predicted octanol–water partition coefficient (Wildman–Crippen LogP) is 2.42. The number of nitrogens with one attached hydrogen (secondary N) is 2. The van der Waals surface area contributed by atoms with Gasteiger partial charge in [-0.2, -0.15) is 5.10 Å². The fraction of sp³-hybridized carbons (Fsp3) is 0.227. The minimum atomic E-state index is -1.06. The summed E-state index contributed by atoms with van der Waals surface area (Å²) in [5.41, 5.74) is 2.37. The molecule has 1 aliphatic heterocycles. The molecule has 2 amide bonds. The summed E-state index contributed by atoms with van der Waals surface area (Å²) in [5.74, 6) is -0.989. The van der Waals surface area contributed by atoms with E-state index < -0.39 is 17.1 Å². The molecule has 1 saturated heterocycles. The molecular formula is C22H22N4O6S. The molecule has 1 unspecified atom stereocenters. The summed E-state index contributed by atoms with van der Waals surface area (Å²) in [4.78, 5) is 34.6. The number of carboxylic acid groups (broad SMARTS) is 1.